The Morgan fingerprint density at radius 3 is 2.85 bits per heavy atom. The van der Waals surface area contributed by atoms with Gasteiger partial charge in [0.2, 0.25) is 0 Å². The average molecular weight is 282 g/mol. The summed E-state index contributed by atoms with van der Waals surface area (Å²) in [7, 11) is 0. The number of ketones is 1. The molecule has 1 rings (SSSR count). The first kappa shape index (κ1) is 16.3. The van der Waals surface area contributed by atoms with Gasteiger partial charge in [-0.25, -0.2) is 4.79 Å². The molecule has 1 aliphatic heterocycles. The van der Waals surface area contributed by atoms with Gasteiger partial charge in [-0.05, 0) is 39.1 Å². The summed E-state index contributed by atoms with van der Waals surface area (Å²) < 4.78 is 5.31. The van der Waals surface area contributed by atoms with Crippen LogP contribution in [-0.4, -0.2) is 42.0 Å². The molecule has 0 aromatic heterocycles. The minimum absolute atomic E-state index is 0.172. The van der Waals surface area contributed by atoms with E-state index >= 15 is 0 Å². The van der Waals surface area contributed by atoms with Crippen LogP contribution in [0.25, 0.3) is 10.4 Å². The lowest BCUT2D eigenvalue weighted by Crippen LogP contribution is -2.46. The molecule has 1 aliphatic rings. The number of nitrogens with zero attached hydrogens (tertiary/aromatic N) is 4. The Bertz CT molecular complexity index is 410. The predicted molar refractivity (Wildman–Crippen MR) is 74.2 cm³/mol. The summed E-state index contributed by atoms with van der Waals surface area (Å²) in [6, 6.07) is 0. The number of carbonyl (C=O) groups is 2. The Hall–Kier alpha value is -1.75. The molecule has 0 aromatic carbocycles. The fraction of sp³-hybridized carbons (Fsp3) is 0.846. The Morgan fingerprint density at radius 1 is 1.55 bits per heavy atom. The maximum absolute atomic E-state index is 12.0. The quantitative estimate of drug-likeness (QED) is 0.343. The van der Waals surface area contributed by atoms with Gasteiger partial charge in [0, 0.05) is 36.9 Å². The monoisotopic (exact) mass is 282 g/mol. The van der Waals surface area contributed by atoms with E-state index in [1.54, 1.807) is 4.90 Å². The summed E-state index contributed by atoms with van der Waals surface area (Å²) in [5.74, 6) is -0.00379. The molecule has 0 spiro atoms. The number of azide groups is 1. The van der Waals surface area contributed by atoms with E-state index in [9.17, 15) is 9.59 Å². The van der Waals surface area contributed by atoms with Gasteiger partial charge in [-0.1, -0.05) is 5.11 Å². The molecule has 1 atom stereocenters. The van der Waals surface area contributed by atoms with Crippen LogP contribution in [0.4, 0.5) is 4.79 Å². The highest BCUT2D eigenvalue weighted by atomic mass is 16.6. The van der Waals surface area contributed by atoms with E-state index in [1.807, 2.05) is 20.8 Å². The summed E-state index contributed by atoms with van der Waals surface area (Å²) in [5, 5.41) is 3.45. The van der Waals surface area contributed by atoms with Crippen molar-refractivity contribution in [3.63, 3.8) is 0 Å². The molecule has 0 radical (unpaired) electrons. The zero-order chi connectivity index (χ0) is 15.2. The second-order valence-electron chi connectivity index (χ2n) is 5.94. The smallest absolute Gasteiger partial charge is 0.410 e. The number of amides is 1. The molecule has 112 valence electrons. The van der Waals surface area contributed by atoms with Crippen LogP contribution >= 0.6 is 0 Å². The maximum atomic E-state index is 12.0. The average Bonchev–Trinajstić information content (AvgIpc) is 2.34. The van der Waals surface area contributed by atoms with Crippen LogP contribution in [0.5, 0.6) is 0 Å². The summed E-state index contributed by atoms with van der Waals surface area (Å²) in [6.45, 7) is 6.64. The van der Waals surface area contributed by atoms with Crippen LogP contribution in [-0.2, 0) is 9.53 Å². The molecule has 0 aromatic rings. The molecule has 1 unspecified atom stereocenters. The lowest BCUT2D eigenvalue weighted by Gasteiger charge is -2.33. The topological polar surface area (TPSA) is 95.4 Å². The number of carbonyl (C=O) groups excluding carboxylic acids is 2. The minimum Gasteiger partial charge on any atom is -0.444 e. The zero-order valence-electron chi connectivity index (χ0n) is 12.3. The van der Waals surface area contributed by atoms with E-state index in [0.29, 0.717) is 38.9 Å². The van der Waals surface area contributed by atoms with Gasteiger partial charge in [0.05, 0.1) is 0 Å². The molecule has 1 amide bonds. The number of Topliss-reactive ketones (excluding diaryl/α,β-unsaturated/α-hetero) is 1. The fourth-order valence-corrected chi connectivity index (χ4v) is 2.11. The van der Waals surface area contributed by atoms with Gasteiger partial charge in [-0.3, -0.25) is 4.79 Å². The van der Waals surface area contributed by atoms with Crippen molar-refractivity contribution in [2.24, 2.45) is 11.0 Å². The lowest BCUT2D eigenvalue weighted by molar-refractivity contribution is -0.126. The molecule has 0 saturated carbocycles. The summed E-state index contributed by atoms with van der Waals surface area (Å²) in [6.07, 6.45) is 1.29. The van der Waals surface area contributed by atoms with Gasteiger partial charge in [0.25, 0.3) is 0 Å². The van der Waals surface area contributed by atoms with E-state index in [2.05, 4.69) is 10.0 Å². The van der Waals surface area contributed by atoms with E-state index in [1.165, 1.54) is 0 Å². The number of hydrogen-bond acceptors (Lipinski definition) is 4. The van der Waals surface area contributed by atoms with Crippen LogP contribution in [0.1, 0.15) is 40.0 Å². The first-order valence-corrected chi connectivity index (χ1v) is 6.85. The zero-order valence-corrected chi connectivity index (χ0v) is 12.3. The summed E-state index contributed by atoms with van der Waals surface area (Å²) in [5.41, 5.74) is 7.67. The summed E-state index contributed by atoms with van der Waals surface area (Å²) in [4.78, 5) is 28.1. The number of rotatable bonds is 4. The van der Waals surface area contributed by atoms with Gasteiger partial charge >= 0.3 is 6.09 Å². The molecular formula is C13H22N4O3. The predicted octanol–water partition coefficient (Wildman–Crippen LogP) is 2.90. The van der Waals surface area contributed by atoms with Gasteiger partial charge < -0.3 is 9.64 Å². The van der Waals surface area contributed by atoms with Crippen molar-refractivity contribution in [1.82, 2.24) is 4.90 Å². The standard InChI is InChI=1S/C13H22N4O3/c1-13(2,3)20-12(19)17-8-6-11(18)10(9-17)5-4-7-15-16-14/h10H,4-9H2,1-3H3. The van der Waals surface area contributed by atoms with Gasteiger partial charge in [-0.15, -0.1) is 0 Å². The molecule has 20 heavy (non-hydrogen) atoms. The maximum Gasteiger partial charge on any atom is 0.410 e. The van der Waals surface area contributed by atoms with E-state index in [4.69, 9.17) is 10.3 Å². The van der Waals surface area contributed by atoms with E-state index in [0.717, 1.165) is 0 Å². The highest BCUT2D eigenvalue weighted by Crippen LogP contribution is 2.20. The third-order valence-corrected chi connectivity index (χ3v) is 3.05. The third-order valence-electron chi connectivity index (χ3n) is 3.05. The fourth-order valence-electron chi connectivity index (χ4n) is 2.11. The molecule has 7 heteroatoms. The van der Waals surface area contributed by atoms with Crippen molar-refractivity contribution in [3.05, 3.63) is 10.4 Å². The SMILES string of the molecule is CC(C)(C)OC(=O)N1CCC(=O)C(CCCN=[N+]=[N-])C1. The van der Waals surface area contributed by atoms with Crippen LogP contribution in [0.3, 0.4) is 0 Å². The molecule has 0 N–H and O–H groups in total. The Kier molecular flexibility index (Phi) is 5.82. The molecule has 1 heterocycles. The molecule has 0 bridgehead atoms. The number of likely N-dealkylation sites (tertiary alicyclic amines) is 1. The van der Waals surface area contributed by atoms with Gasteiger partial charge in [0.15, 0.2) is 0 Å². The Labute approximate surface area is 118 Å². The molecule has 0 aliphatic carbocycles. The summed E-state index contributed by atoms with van der Waals surface area (Å²) >= 11 is 0. The highest BCUT2D eigenvalue weighted by Gasteiger charge is 2.31. The van der Waals surface area contributed by atoms with Gasteiger partial charge in [0.1, 0.15) is 11.4 Å². The normalized spacial score (nSPS) is 19.4. The highest BCUT2D eigenvalue weighted by molar-refractivity contribution is 5.84. The number of ether oxygens (including phenoxy) is 1. The van der Waals surface area contributed by atoms with Crippen molar-refractivity contribution in [1.29, 1.82) is 0 Å². The first-order chi connectivity index (χ1) is 9.33. The van der Waals surface area contributed by atoms with Crippen LogP contribution in [0.2, 0.25) is 0 Å². The van der Waals surface area contributed by atoms with Gasteiger partial charge in [-0.2, -0.15) is 0 Å². The van der Waals surface area contributed by atoms with Crippen molar-refractivity contribution in [2.45, 2.75) is 45.6 Å². The van der Waals surface area contributed by atoms with E-state index < -0.39 is 5.60 Å². The third kappa shape index (κ3) is 5.48. The second kappa shape index (κ2) is 7.14. The van der Waals surface area contributed by atoms with Crippen LogP contribution in [0.15, 0.2) is 5.11 Å². The van der Waals surface area contributed by atoms with Crippen molar-refractivity contribution in [2.75, 3.05) is 19.6 Å². The van der Waals surface area contributed by atoms with Crippen molar-refractivity contribution in [3.8, 4) is 0 Å². The molecule has 1 fully saturated rings. The number of hydrogen-bond donors (Lipinski definition) is 0. The molecule has 7 nitrogen and oxygen atoms in total. The first-order valence-electron chi connectivity index (χ1n) is 6.85. The largest absolute Gasteiger partial charge is 0.444 e. The van der Waals surface area contributed by atoms with Crippen LogP contribution < -0.4 is 0 Å². The minimum atomic E-state index is -0.532. The lowest BCUT2D eigenvalue weighted by atomic mass is 9.92. The molecular weight excluding hydrogens is 260 g/mol. The Morgan fingerprint density at radius 2 is 2.25 bits per heavy atom. The van der Waals surface area contributed by atoms with Crippen molar-refractivity contribution < 1.29 is 14.3 Å². The number of piperidine rings is 1. The second-order valence-corrected chi connectivity index (χ2v) is 5.94. The van der Waals surface area contributed by atoms with Crippen molar-refractivity contribution >= 4 is 11.9 Å². The van der Waals surface area contributed by atoms with E-state index in [-0.39, 0.29) is 17.8 Å². The Balaban J connectivity index is 2.50. The van der Waals surface area contributed by atoms with Crippen LogP contribution in [0, 0.1) is 5.92 Å². The molecule has 1 saturated heterocycles.